The molecule has 0 aromatic heterocycles. The van der Waals surface area contributed by atoms with Gasteiger partial charge in [0, 0.05) is 52.9 Å². The third-order valence-corrected chi connectivity index (χ3v) is 8.39. The highest BCUT2D eigenvalue weighted by Gasteiger charge is 2.41. The van der Waals surface area contributed by atoms with Gasteiger partial charge in [0.15, 0.2) is 0 Å². The van der Waals surface area contributed by atoms with E-state index in [0.29, 0.717) is 19.8 Å². The molecule has 46 heavy (non-hydrogen) atoms. The van der Waals surface area contributed by atoms with Crippen LogP contribution >= 0.6 is 0 Å². The maximum absolute atomic E-state index is 11.9. The van der Waals surface area contributed by atoms with Crippen LogP contribution < -0.4 is 19.3 Å². The fourth-order valence-electron chi connectivity index (χ4n) is 6.21. The van der Waals surface area contributed by atoms with E-state index in [9.17, 15) is 10.1 Å². The highest BCUT2D eigenvalue weighted by molar-refractivity contribution is 5.81. The van der Waals surface area contributed by atoms with Crippen LogP contribution in [0, 0.1) is 10.1 Å². The fourth-order valence-corrected chi connectivity index (χ4v) is 6.21. The number of hydrogen-bond donors (Lipinski definition) is 1. The van der Waals surface area contributed by atoms with E-state index in [1.165, 1.54) is 0 Å². The Labute approximate surface area is 268 Å². The van der Waals surface area contributed by atoms with Gasteiger partial charge in [-0.15, -0.1) is 0 Å². The molecule has 0 spiro atoms. The first-order valence-corrected chi connectivity index (χ1v) is 15.3. The van der Waals surface area contributed by atoms with Crippen molar-refractivity contribution < 1.29 is 29.0 Å². The van der Waals surface area contributed by atoms with Crippen LogP contribution in [0.25, 0.3) is 0 Å². The summed E-state index contributed by atoms with van der Waals surface area (Å²) >= 11 is 0. The van der Waals surface area contributed by atoms with Crippen molar-refractivity contribution in [2.75, 3.05) is 50.4 Å². The monoisotopic (exact) mass is 623 g/mol. The second-order valence-corrected chi connectivity index (χ2v) is 11.0. The molecular formula is C36H37N3O7. The minimum absolute atomic E-state index is 0.0104. The number of nitro groups is 1. The molecule has 1 aliphatic heterocycles. The molecule has 10 heteroatoms. The zero-order valence-corrected chi connectivity index (χ0v) is 25.9. The highest BCUT2D eigenvalue weighted by atomic mass is 16.6. The van der Waals surface area contributed by atoms with Crippen LogP contribution in [0.2, 0.25) is 0 Å². The summed E-state index contributed by atoms with van der Waals surface area (Å²) in [5, 5.41) is 20.7. The van der Waals surface area contributed by atoms with Crippen molar-refractivity contribution in [3.63, 3.8) is 0 Å². The van der Waals surface area contributed by atoms with Crippen LogP contribution in [0.3, 0.4) is 0 Å². The normalized spacial score (nSPS) is 18.2. The molecule has 1 N–H and O–H groups in total. The first-order chi connectivity index (χ1) is 22.5. The summed E-state index contributed by atoms with van der Waals surface area (Å²) in [4.78, 5) is 16.0. The number of hydrogen-bond acceptors (Lipinski definition) is 9. The van der Waals surface area contributed by atoms with Crippen molar-refractivity contribution in [2.45, 2.75) is 24.8 Å². The average molecular weight is 624 g/mol. The summed E-state index contributed by atoms with van der Waals surface area (Å²) in [6.45, 7) is 1.12. The van der Waals surface area contributed by atoms with E-state index < -0.39 is 0 Å². The Morgan fingerprint density at radius 2 is 1.57 bits per heavy atom. The number of allylic oxidation sites excluding steroid dienone is 5. The van der Waals surface area contributed by atoms with Crippen molar-refractivity contribution in [2.24, 2.45) is 0 Å². The maximum atomic E-state index is 11.9. The number of anilines is 4. The molecule has 0 amide bonds. The molecule has 0 saturated heterocycles. The number of aliphatic hydroxyl groups excluding tert-OH is 1. The van der Waals surface area contributed by atoms with Gasteiger partial charge in [-0.2, -0.15) is 0 Å². The van der Waals surface area contributed by atoms with Gasteiger partial charge in [-0.25, -0.2) is 0 Å². The van der Waals surface area contributed by atoms with Crippen molar-refractivity contribution in [3.05, 3.63) is 130 Å². The molecular weight excluding hydrogens is 586 g/mol. The summed E-state index contributed by atoms with van der Waals surface area (Å²) in [5.41, 5.74) is 6.07. The van der Waals surface area contributed by atoms with E-state index in [4.69, 9.17) is 24.1 Å². The van der Waals surface area contributed by atoms with E-state index in [1.807, 2.05) is 60.7 Å². The number of aliphatic hydroxyl groups is 1. The Morgan fingerprint density at radius 3 is 2.15 bits per heavy atom. The van der Waals surface area contributed by atoms with Gasteiger partial charge in [0.2, 0.25) is 0 Å². The fraction of sp³-hybridized carbons (Fsp3) is 0.278. The molecule has 10 nitrogen and oxygen atoms in total. The lowest BCUT2D eigenvalue weighted by atomic mass is 9.89. The van der Waals surface area contributed by atoms with Gasteiger partial charge in [0.05, 0.1) is 50.8 Å². The molecule has 0 fully saturated rings. The molecule has 0 saturated carbocycles. The quantitative estimate of drug-likeness (QED) is 0.126. The summed E-state index contributed by atoms with van der Waals surface area (Å²) < 4.78 is 22.0. The molecule has 238 valence electrons. The van der Waals surface area contributed by atoms with Gasteiger partial charge < -0.3 is 33.9 Å². The van der Waals surface area contributed by atoms with Crippen molar-refractivity contribution >= 4 is 22.7 Å². The van der Waals surface area contributed by atoms with Crippen LogP contribution in [-0.4, -0.2) is 56.7 Å². The lowest BCUT2D eigenvalue weighted by molar-refractivity contribution is -0.419. The van der Waals surface area contributed by atoms with Crippen LogP contribution in [0.4, 0.5) is 22.7 Å². The van der Waals surface area contributed by atoms with Crippen LogP contribution in [0.5, 0.6) is 11.5 Å². The van der Waals surface area contributed by atoms with Crippen LogP contribution in [0.15, 0.2) is 114 Å². The number of benzene rings is 3. The van der Waals surface area contributed by atoms with Crippen molar-refractivity contribution in [1.29, 1.82) is 0 Å². The SMILES string of the molecule is COc1ccc(N(c2ccc(OC)cc2)c2ccc3c(c2)C2C=C([N+](=O)[O-])C=CC2N3C2=CC=C(OCCOCCO)CC2)cc1. The Hall–Kier alpha value is -5.06. The van der Waals surface area contributed by atoms with Gasteiger partial charge >= 0.3 is 0 Å². The number of rotatable bonds is 13. The first-order valence-electron chi connectivity index (χ1n) is 15.3. The third-order valence-electron chi connectivity index (χ3n) is 8.39. The Morgan fingerprint density at radius 1 is 0.891 bits per heavy atom. The molecule has 0 radical (unpaired) electrons. The smallest absolute Gasteiger partial charge is 0.265 e. The molecule has 0 bridgehead atoms. The number of nitrogens with zero attached hydrogens (tertiary/aromatic N) is 3. The second kappa shape index (κ2) is 13.9. The second-order valence-electron chi connectivity index (χ2n) is 11.0. The zero-order chi connectivity index (χ0) is 32.0. The van der Waals surface area contributed by atoms with E-state index in [0.717, 1.165) is 64.1 Å². The summed E-state index contributed by atoms with van der Waals surface area (Å²) in [6, 6.07) is 22.0. The largest absolute Gasteiger partial charge is 0.497 e. The van der Waals surface area contributed by atoms with Crippen LogP contribution in [-0.2, 0) is 9.47 Å². The van der Waals surface area contributed by atoms with Gasteiger partial charge in [-0.3, -0.25) is 10.1 Å². The molecule has 3 aliphatic rings. The zero-order valence-electron chi connectivity index (χ0n) is 25.9. The Bertz CT molecular complexity index is 1630. The number of ether oxygens (including phenoxy) is 4. The lowest BCUT2D eigenvalue weighted by Crippen LogP contribution is -2.33. The van der Waals surface area contributed by atoms with E-state index in [1.54, 1.807) is 26.4 Å². The Kier molecular flexibility index (Phi) is 9.37. The summed E-state index contributed by atoms with van der Waals surface area (Å²) in [6.07, 6.45) is 10.9. The lowest BCUT2D eigenvalue weighted by Gasteiger charge is -2.32. The van der Waals surface area contributed by atoms with Gasteiger partial charge in [0.1, 0.15) is 18.1 Å². The van der Waals surface area contributed by atoms with Gasteiger partial charge in [-0.05, 0) is 90.9 Å². The minimum Gasteiger partial charge on any atom is -0.497 e. The first kappa shape index (κ1) is 30.9. The molecule has 3 aromatic carbocycles. The summed E-state index contributed by atoms with van der Waals surface area (Å²) in [7, 11) is 3.29. The Balaban J connectivity index is 1.37. The highest BCUT2D eigenvalue weighted by Crippen LogP contribution is 2.50. The molecule has 1 heterocycles. The average Bonchev–Trinajstić information content (AvgIpc) is 3.42. The molecule has 2 atom stereocenters. The number of fused-ring (bicyclic) bond motifs is 3. The van der Waals surface area contributed by atoms with E-state index in [-0.39, 0.29) is 29.2 Å². The predicted octanol–water partition coefficient (Wildman–Crippen LogP) is 6.76. The standard InChI is InChI=1S/C36H37N3O7/c1-43-30-11-3-25(4-12-30)37(26-5-13-31(44-2)14-6-26)28-9-17-35-33(23-28)34-24-29(39(41)42)10-18-36(34)38(35)27-7-15-32(16-8-27)46-22-21-45-20-19-40/h3-7,9-15,17-18,23-24,34,36,40H,8,16,19-22H2,1-2H3. The molecule has 2 aliphatic carbocycles. The third kappa shape index (κ3) is 6.35. The number of methoxy groups -OCH3 is 2. The van der Waals surface area contributed by atoms with E-state index in [2.05, 4.69) is 34.1 Å². The maximum Gasteiger partial charge on any atom is 0.265 e. The van der Waals surface area contributed by atoms with Crippen molar-refractivity contribution in [1.82, 2.24) is 0 Å². The van der Waals surface area contributed by atoms with Crippen LogP contribution in [0.1, 0.15) is 24.3 Å². The van der Waals surface area contributed by atoms with Crippen molar-refractivity contribution in [3.8, 4) is 11.5 Å². The van der Waals surface area contributed by atoms with E-state index >= 15 is 0 Å². The topological polar surface area (TPSA) is 107 Å². The van der Waals surface area contributed by atoms with Gasteiger partial charge in [-0.1, -0.05) is 6.08 Å². The minimum atomic E-state index is -0.323. The van der Waals surface area contributed by atoms with Gasteiger partial charge in [0.25, 0.3) is 5.70 Å². The molecule has 3 aromatic rings. The predicted molar refractivity (Wildman–Crippen MR) is 177 cm³/mol. The molecule has 6 rings (SSSR count). The molecule has 2 unspecified atom stereocenters. The summed E-state index contributed by atoms with van der Waals surface area (Å²) in [5.74, 6) is 2.19.